The Kier molecular flexibility index (Phi) is 5.77. The predicted octanol–water partition coefficient (Wildman–Crippen LogP) is 4.30. The highest BCUT2D eigenvalue weighted by Gasteiger charge is 2.37. The second kappa shape index (κ2) is 7.25. The molecule has 7 heteroatoms. The van der Waals surface area contributed by atoms with Crippen LogP contribution in [0.25, 0.3) is 0 Å². The Hall–Kier alpha value is -1.03. The van der Waals surface area contributed by atoms with Crippen LogP contribution in [0.3, 0.4) is 0 Å². The van der Waals surface area contributed by atoms with Crippen molar-refractivity contribution in [3.05, 3.63) is 58.1 Å². The Morgan fingerprint density at radius 2 is 1.61 bits per heavy atom. The maximum Gasteiger partial charge on any atom is 0.264 e. The molecule has 0 saturated carbocycles. The number of aliphatic hydroxyl groups excluding tert-OH is 1. The molecule has 2 atom stereocenters. The molecule has 1 N–H and O–H groups in total. The summed E-state index contributed by atoms with van der Waals surface area (Å²) in [6, 6.07) is 11.8. The number of hydrogen-bond acceptors (Lipinski definition) is 4. The quantitative estimate of drug-likeness (QED) is 0.793. The lowest BCUT2D eigenvalue weighted by Gasteiger charge is -2.24. The molecule has 0 spiro atoms. The first-order valence-electron chi connectivity index (χ1n) is 6.86. The van der Waals surface area contributed by atoms with E-state index in [1.54, 1.807) is 30.3 Å². The van der Waals surface area contributed by atoms with E-state index in [4.69, 9.17) is 27.7 Å². The van der Waals surface area contributed by atoms with Gasteiger partial charge in [-0.25, -0.2) is 0 Å². The van der Waals surface area contributed by atoms with Gasteiger partial charge < -0.3 is 14.5 Å². The molecule has 2 rings (SSSR count). The van der Waals surface area contributed by atoms with E-state index in [0.717, 1.165) is 5.69 Å². The van der Waals surface area contributed by atoms with Crippen LogP contribution in [-0.2, 0) is 9.09 Å². The third-order valence-electron chi connectivity index (χ3n) is 3.58. The maximum absolute atomic E-state index is 13.3. The molecule has 23 heavy (non-hydrogen) atoms. The van der Waals surface area contributed by atoms with Gasteiger partial charge in [0, 0.05) is 47.8 Å². The number of rotatable bonds is 5. The zero-order valence-corrected chi connectivity index (χ0v) is 15.4. The molecule has 0 heterocycles. The molecular weight excluding hydrogens is 356 g/mol. The maximum atomic E-state index is 13.3. The molecule has 0 radical (unpaired) electrons. The zero-order valence-electron chi connectivity index (χ0n) is 13.0. The molecule has 0 aliphatic rings. The normalized spacial score (nSPS) is 15.0. The summed E-state index contributed by atoms with van der Waals surface area (Å²) in [5, 5.41) is 11.5. The van der Waals surface area contributed by atoms with Gasteiger partial charge in [0.15, 0.2) is 5.85 Å². The van der Waals surface area contributed by atoms with Gasteiger partial charge in [-0.2, -0.15) is 0 Å². The van der Waals surface area contributed by atoms with Crippen molar-refractivity contribution in [1.82, 2.24) is 0 Å². The fourth-order valence-corrected chi connectivity index (χ4v) is 4.86. The van der Waals surface area contributed by atoms with Gasteiger partial charge >= 0.3 is 0 Å². The summed E-state index contributed by atoms with van der Waals surface area (Å²) >= 11 is 12.2. The van der Waals surface area contributed by atoms with Crippen molar-refractivity contribution in [2.24, 2.45) is 0 Å². The molecular formula is C16H18Cl2NO3P. The van der Waals surface area contributed by atoms with Gasteiger partial charge in [-0.1, -0.05) is 29.3 Å². The van der Waals surface area contributed by atoms with Gasteiger partial charge in [-0.3, -0.25) is 4.57 Å². The van der Waals surface area contributed by atoms with E-state index in [1.807, 2.05) is 31.1 Å². The molecule has 0 aromatic heterocycles. The summed E-state index contributed by atoms with van der Waals surface area (Å²) in [6.07, 6.45) is 0. The Morgan fingerprint density at radius 1 is 1.09 bits per heavy atom. The van der Waals surface area contributed by atoms with Crippen molar-refractivity contribution in [2.45, 2.75) is 5.85 Å². The van der Waals surface area contributed by atoms with E-state index >= 15 is 0 Å². The Bertz CT molecular complexity index is 714. The van der Waals surface area contributed by atoms with Crippen molar-refractivity contribution >= 4 is 41.6 Å². The van der Waals surface area contributed by atoms with Crippen LogP contribution >= 0.6 is 30.6 Å². The van der Waals surface area contributed by atoms with Crippen molar-refractivity contribution in [3.63, 3.8) is 0 Å². The highest BCUT2D eigenvalue weighted by atomic mass is 35.5. The van der Waals surface area contributed by atoms with Crippen LogP contribution in [0.15, 0.2) is 42.5 Å². The minimum atomic E-state index is -3.60. The van der Waals surface area contributed by atoms with E-state index in [9.17, 15) is 9.67 Å². The van der Waals surface area contributed by atoms with Gasteiger partial charge in [0.1, 0.15) is 0 Å². The SMILES string of the molecule is CO[P@](=O)(c1ccc(N(C)C)cc1)[C@@H](O)c1c(Cl)cccc1Cl. The number of anilines is 1. The highest BCUT2D eigenvalue weighted by Crippen LogP contribution is 2.59. The third-order valence-corrected chi connectivity index (χ3v) is 6.70. The summed E-state index contributed by atoms with van der Waals surface area (Å²) in [5.74, 6) is -1.45. The fraction of sp³-hybridized carbons (Fsp3) is 0.250. The fourth-order valence-electron chi connectivity index (χ4n) is 2.23. The van der Waals surface area contributed by atoms with E-state index in [1.165, 1.54) is 7.11 Å². The second-order valence-corrected chi connectivity index (χ2v) is 8.58. The zero-order chi connectivity index (χ0) is 17.2. The largest absolute Gasteiger partial charge is 0.378 e. The Labute approximate surface area is 146 Å². The molecule has 2 aromatic carbocycles. The van der Waals surface area contributed by atoms with Gasteiger partial charge in [0.25, 0.3) is 7.37 Å². The van der Waals surface area contributed by atoms with Crippen molar-refractivity contribution in [2.75, 3.05) is 26.1 Å². The van der Waals surface area contributed by atoms with Gasteiger partial charge in [-0.15, -0.1) is 0 Å². The first-order valence-corrected chi connectivity index (χ1v) is 9.31. The average molecular weight is 374 g/mol. The molecule has 2 aromatic rings. The second-order valence-electron chi connectivity index (χ2n) is 5.20. The van der Waals surface area contributed by atoms with Crippen LogP contribution in [0.2, 0.25) is 10.0 Å². The molecule has 124 valence electrons. The molecule has 0 fully saturated rings. The number of aliphatic hydroxyl groups is 1. The van der Waals surface area contributed by atoms with Crippen molar-refractivity contribution in [1.29, 1.82) is 0 Å². The highest BCUT2D eigenvalue weighted by molar-refractivity contribution is 7.67. The van der Waals surface area contributed by atoms with Gasteiger partial charge in [0.05, 0.1) is 0 Å². The summed E-state index contributed by atoms with van der Waals surface area (Å²) < 4.78 is 18.5. The van der Waals surface area contributed by atoms with Crippen LogP contribution in [-0.4, -0.2) is 26.3 Å². The first kappa shape index (κ1) is 18.3. The van der Waals surface area contributed by atoms with Gasteiger partial charge in [-0.05, 0) is 36.4 Å². The summed E-state index contributed by atoms with van der Waals surface area (Å²) in [5.41, 5.74) is 1.15. The van der Waals surface area contributed by atoms with Crippen LogP contribution in [0, 0.1) is 0 Å². The summed E-state index contributed by atoms with van der Waals surface area (Å²) in [7, 11) is 1.51. The van der Waals surface area contributed by atoms with Crippen LogP contribution in [0.5, 0.6) is 0 Å². The lowest BCUT2D eigenvalue weighted by Crippen LogP contribution is -2.15. The number of benzene rings is 2. The number of hydrogen-bond donors (Lipinski definition) is 1. The minimum absolute atomic E-state index is 0.206. The smallest absolute Gasteiger partial charge is 0.264 e. The van der Waals surface area contributed by atoms with Gasteiger partial charge in [0.2, 0.25) is 0 Å². The molecule has 0 bridgehead atoms. The lowest BCUT2D eigenvalue weighted by atomic mass is 10.2. The van der Waals surface area contributed by atoms with Crippen LogP contribution in [0.1, 0.15) is 11.4 Å². The molecule has 0 saturated heterocycles. The lowest BCUT2D eigenvalue weighted by molar-refractivity contribution is 0.229. The first-order chi connectivity index (χ1) is 10.8. The third kappa shape index (κ3) is 3.57. The molecule has 0 aliphatic carbocycles. The van der Waals surface area contributed by atoms with Crippen LogP contribution < -0.4 is 10.2 Å². The van der Waals surface area contributed by atoms with E-state index in [-0.39, 0.29) is 15.6 Å². The van der Waals surface area contributed by atoms with Crippen molar-refractivity contribution < 1.29 is 14.2 Å². The van der Waals surface area contributed by atoms with Crippen molar-refractivity contribution in [3.8, 4) is 0 Å². The molecule has 4 nitrogen and oxygen atoms in total. The molecule has 0 unspecified atom stereocenters. The average Bonchev–Trinajstić information content (AvgIpc) is 2.53. The van der Waals surface area contributed by atoms with E-state index < -0.39 is 13.2 Å². The Morgan fingerprint density at radius 3 is 2.04 bits per heavy atom. The van der Waals surface area contributed by atoms with E-state index in [2.05, 4.69) is 0 Å². The minimum Gasteiger partial charge on any atom is -0.378 e. The molecule has 0 aliphatic heterocycles. The summed E-state index contributed by atoms with van der Waals surface area (Å²) in [4.78, 5) is 1.92. The standard InChI is InChI=1S/C16H18Cl2NO3P/c1-19(2)11-7-9-12(10-8-11)23(21,22-3)16(20)15-13(17)5-4-6-14(15)18/h4-10,16,20H,1-3H3/t16-,23-/m1/s1. The predicted molar refractivity (Wildman–Crippen MR) is 96.4 cm³/mol. The van der Waals surface area contributed by atoms with Crippen LogP contribution in [0.4, 0.5) is 5.69 Å². The monoisotopic (exact) mass is 373 g/mol. The summed E-state index contributed by atoms with van der Waals surface area (Å²) in [6.45, 7) is 0. The molecule has 0 amide bonds. The van der Waals surface area contributed by atoms with E-state index in [0.29, 0.717) is 5.30 Å². The number of halogens is 2. The number of nitrogens with zero attached hydrogens (tertiary/aromatic N) is 1. The topological polar surface area (TPSA) is 49.8 Å². The Balaban J connectivity index is 2.49.